The Morgan fingerprint density at radius 1 is 1.03 bits per heavy atom. The molecule has 0 aliphatic carbocycles. The molecular formula is C23H41O5PSi. The molecule has 0 bridgehead atoms. The van der Waals surface area contributed by atoms with Gasteiger partial charge in [0.25, 0.3) is 0 Å². The molecule has 0 aromatic heterocycles. The molecule has 0 aliphatic heterocycles. The maximum atomic E-state index is 11.8. The lowest BCUT2D eigenvalue weighted by atomic mass is 9.74. The van der Waals surface area contributed by atoms with Crippen LogP contribution in [0.25, 0.3) is 6.08 Å². The smallest absolute Gasteiger partial charge is 0.412 e. The fraction of sp³-hybridized carbons (Fsp3) is 0.652. The third-order valence-electron chi connectivity index (χ3n) is 5.80. The molecule has 1 aromatic rings. The molecule has 0 heterocycles. The van der Waals surface area contributed by atoms with Gasteiger partial charge in [-0.05, 0) is 51.7 Å². The second-order valence-electron chi connectivity index (χ2n) is 11.5. The maximum absolute atomic E-state index is 11.8. The van der Waals surface area contributed by atoms with Gasteiger partial charge in [-0.25, -0.2) is 4.57 Å². The Morgan fingerprint density at radius 2 is 1.53 bits per heavy atom. The van der Waals surface area contributed by atoms with E-state index in [0.717, 1.165) is 16.7 Å². The second kappa shape index (κ2) is 8.55. The summed E-state index contributed by atoms with van der Waals surface area (Å²) in [5, 5.41) is 0.00574. The SMILES string of the molecule is C=Cc1c(C(C)(C)C)cc(OP(=O)(O)O)c(CO[Si](C)(C)C(C)(C)C)c1C(C)(C)C. The van der Waals surface area contributed by atoms with Crippen molar-refractivity contribution < 1.29 is 23.3 Å². The van der Waals surface area contributed by atoms with Gasteiger partial charge in [0.2, 0.25) is 0 Å². The molecule has 0 amide bonds. The minimum absolute atomic E-state index is 0.00574. The Labute approximate surface area is 184 Å². The van der Waals surface area contributed by atoms with E-state index < -0.39 is 16.1 Å². The molecule has 1 rings (SSSR count). The fourth-order valence-electron chi connectivity index (χ4n) is 3.23. The van der Waals surface area contributed by atoms with E-state index in [4.69, 9.17) is 8.95 Å². The molecule has 0 aliphatic rings. The van der Waals surface area contributed by atoms with Crippen LogP contribution in [0.1, 0.15) is 84.6 Å². The molecule has 0 unspecified atom stereocenters. The van der Waals surface area contributed by atoms with Crippen LogP contribution in [-0.2, 0) is 26.4 Å². The third-order valence-corrected chi connectivity index (χ3v) is 10.7. The van der Waals surface area contributed by atoms with Crippen molar-refractivity contribution in [3.8, 4) is 5.75 Å². The summed E-state index contributed by atoms with van der Waals surface area (Å²) < 4.78 is 23.5. The van der Waals surface area contributed by atoms with Crippen molar-refractivity contribution in [2.24, 2.45) is 0 Å². The van der Waals surface area contributed by atoms with E-state index in [9.17, 15) is 14.4 Å². The van der Waals surface area contributed by atoms with Crippen LogP contribution in [-0.4, -0.2) is 18.1 Å². The van der Waals surface area contributed by atoms with E-state index in [2.05, 4.69) is 82.0 Å². The van der Waals surface area contributed by atoms with E-state index in [1.165, 1.54) is 0 Å². The Hall–Kier alpha value is -0.913. The first kappa shape index (κ1) is 27.1. The summed E-state index contributed by atoms with van der Waals surface area (Å²) in [4.78, 5) is 19.2. The van der Waals surface area contributed by atoms with Crippen molar-refractivity contribution in [2.75, 3.05) is 0 Å². The van der Waals surface area contributed by atoms with Crippen LogP contribution < -0.4 is 4.52 Å². The van der Waals surface area contributed by atoms with Gasteiger partial charge in [0.15, 0.2) is 8.32 Å². The molecule has 0 saturated heterocycles. The van der Waals surface area contributed by atoms with E-state index in [1.807, 2.05) is 6.08 Å². The summed E-state index contributed by atoms with van der Waals surface area (Å²) >= 11 is 0. The highest BCUT2D eigenvalue weighted by molar-refractivity contribution is 7.46. The van der Waals surface area contributed by atoms with Crippen molar-refractivity contribution >= 4 is 22.2 Å². The number of benzene rings is 1. The van der Waals surface area contributed by atoms with Crippen LogP contribution in [0.2, 0.25) is 18.1 Å². The Kier molecular flexibility index (Phi) is 7.73. The zero-order valence-corrected chi connectivity index (χ0v) is 22.5. The predicted octanol–water partition coefficient (Wildman–Crippen LogP) is 6.92. The van der Waals surface area contributed by atoms with Crippen molar-refractivity contribution in [1.29, 1.82) is 0 Å². The van der Waals surface area contributed by atoms with Crippen LogP contribution in [0.3, 0.4) is 0 Å². The topological polar surface area (TPSA) is 76.0 Å². The van der Waals surface area contributed by atoms with Gasteiger partial charge in [0, 0.05) is 5.56 Å². The number of phosphoric acid groups is 1. The van der Waals surface area contributed by atoms with Gasteiger partial charge in [-0.1, -0.05) is 75.0 Å². The summed E-state index contributed by atoms with van der Waals surface area (Å²) in [5.41, 5.74) is 2.95. The standard InChI is InChI=1S/C23H41O5PSi/c1-13-16-18(21(2,3)4)14-19(28-29(24,25)26)17(20(16)22(5,6)7)15-27-30(11,12)23(8,9)10/h13-14H,1,15H2,2-12H3,(H2,24,25,26). The summed E-state index contributed by atoms with van der Waals surface area (Å²) in [6.45, 7) is 27.5. The van der Waals surface area contributed by atoms with E-state index in [-0.39, 0.29) is 28.2 Å². The highest BCUT2D eigenvalue weighted by Crippen LogP contribution is 2.47. The predicted molar refractivity (Wildman–Crippen MR) is 129 cm³/mol. The van der Waals surface area contributed by atoms with Gasteiger partial charge in [-0.15, -0.1) is 0 Å². The highest BCUT2D eigenvalue weighted by atomic mass is 31.2. The molecule has 0 radical (unpaired) electrons. The van der Waals surface area contributed by atoms with Crippen molar-refractivity contribution in [3.05, 3.63) is 34.9 Å². The van der Waals surface area contributed by atoms with Crippen molar-refractivity contribution in [2.45, 2.75) is 97.9 Å². The average molecular weight is 457 g/mol. The number of rotatable bonds is 6. The lowest BCUT2D eigenvalue weighted by molar-refractivity contribution is 0.259. The van der Waals surface area contributed by atoms with Crippen LogP contribution in [0.15, 0.2) is 12.6 Å². The molecule has 0 atom stereocenters. The van der Waals surface area contributed by atoms with E-state index in [0.29, 0.717) is 5.56 Å². The largest absolute Gasteiger partial charge is 0.524 e. The molecule has 1 aromatic carbocycles. The van der Waals surface area contributed by atoms with Gasteiger partial charge in [0.05, 0.1) is 6.61 Å². The first-order valence-corrected chi connectivity index (χ1v) is 14.8. The molecule has 5 nitrogen and oxygen atoms in total. The van der Waals surface area contributed by atoms with Gasteiger partial charge >= 0.3 is 7.82 Å². The van der Waals surface area contributed by atoms with Crippen molar-refractivity contribution in [1.82, 2.24) is 0 Å². The fourth-order valence-corrected chi connectivity index (χ4v) is 4.58. The van der Waals surface area contributed by atoms with E-state index >= 15 is 0 Å². The quantitative estimate of drug-likeness (QED) is 0.359. The Bertz CT molecular complexity index is 833. The molecule has 7 heteroatoms. The summed E-state index contributed by atoms with van der Waals surface area (Å²) in [6, 6.07) is 1.75. The van der Waals surface area contributed by atoms with Crippen LogP contribution >= 0.6 is 7.82 Å². The van der Waals surface area contributed by atoms with Crippen LogP contribution in [0.4, 0.5) is 0 Å². The molecule has 0 saturated carbocycles. The first-order chi connectivity index (χ1) is 13.1. The second-order valence-corrected chi connectivity index (χ2v) is 17.5. The minimum Gasteiger partial charge on any atom is -0.412 e. The van der Waals surface area contributed by atoms with E-state index in [1.54, 1.807) is 6.07 Å². The molecule has 172 valence electrons. The van der Waals surface area contributed by atoms with Crippen molar-refractivity contribution in [3.63, 3.8) is 0 Å². The summed E-state index contributed by atoms with van der Waals surface area (Å²) in [6.07, 6.45) is 1.83. The molecular weight excluding hydrogens is 415 g/mol. The molecule has 2 N–H and O–H groups in total. The number of hydrogen-bond acceptors (Lipinski definition) is 3. The van der Waals surface area contributed by atoms with Crippen LogP contribution in [0.5, 0.6) is 5.75 Å². The molecule has 0 fully saturated rings. The van der Waals surface area contributed by atoms with Gasteiger partial charge in [-0.2, -0.15) is 0 Å². The molecule has 0 spiro atoms. The highest BCUT2D eigenvalue weighted by Gasteiger charge is 2.39. The monoisotopic (exact) mass is 456 g/mol. The first-order valence-electron chi connectivity index (χ1n) is 10.3. The lowest BCUT2D eigenvalue weighted by Crippen LogP contribution is -2.40. The van der Waals surface area contributed by atoms with Crippen LogP contribution in [0, 0.1) is 0 Å². The average Bonchev–Trinajstić information content (AvgIpc) is 2.47. The number of hydrogen-bond donors (Lipinski definition) is 2. The minimum atomic E-state index is -4.75. The molecule has 30 heavy (non-hydrogen) atoms. The van der Waals surface area contributed by atoms with Gasteiger partial charge < -0.3 is 8.95 Å². The normalized spacial score (nSPS) is 14.0. The Balaban J connectivity index is 3.90. The van der Waals surface area contributed by atoms with Gasteiger partial charge in [0.1, 0.15) is 5.75 Å². The summed E-state index contributed by atoms with van der Waals surface area (Å²) in [5.74, 6) is 0.183. The zero-order valence-electron chi connectivity index (χ0n) is 20.6. The summed E-state index contributed by atoms with van der Waals surface area (Å²) in [7, 11) is -6.85. The van der Waals surface area contributed by atoms with Gasteiger partial charge in [-0.3, -0.25) is 9.79 Å². The Morgan fingerprint density at radius 3 is 1.87 bits per heavy atom. The third kappa shape index (κ3) is 6.54. The number of phosphoric ester groups is 1. The lowest BCUT2D eigenvalue weighted by Gasteiger charge is -2.38. The maximum Gasteiger partial charge on any atom is 0.524 e. The zero-order chi connectivity index (χ0) is 23.9.